The molecular weight excluding hydrogens is 356 g/mol. The van der Waals surface area contributed by atoms with Crippen LogP contribution in [0.1, 0.15) is 55.9 Å². The van der Waals surface area contributed by atoms with Gasteiger partial charge in [-0.25, -0.2) is 0 Å². The Balaban J connectivity index is 1.09. The molecule has 3 heterocycles. The van der Waals surface area contributed by atoms with Crippen molar-refractivity contribution >= 4 is 11.9 Å². The summed E-state index contributed by atoms with van der Waals surface area (Å²) in [5.41, 5.74) is 1.78. The number of ether oxygens (including phenoxy) is 1. The second-order valence-corrected chi connectivity index (χ2v) is 8.81. The van der Waals surface area contributed by atoms with E-state index in [1.807, 2.05) is 30.0 Å². The lowest BCUT2D eigenvalue weighted by atomic mass is 9.93. The number of carbonyl (C=O) groups is 1. The molecule has 2 aliphatic heterocycles. The maximum atomic E-state index is 12.7. The highest BCUT2D eigenvalue weighted by atomic mass is 16.5. The number of nitrogens with one attached hydrogen (secondary N) is 1. The predicted molar refractivity (Wildman–Crippen MR) is 101 cm³/mol. The zero-order valence-electron chi connectivity index (χ0n) is 15.9. The van der Waals surface area contributed by atoms with Gasteiger partial charge in [-0.05, 0) is 44.1 Å². The summed E-state index contributed by atoms with van der Waals surface area (Å²) in [6, 6.07) is 8.04. The van der Waals surface area contributed by atoms with Crippen LogP contribution in [-0.4, -0.2) is 46.2 Å². The molecule has 1 spiro atoms. The molecule has 0 bridgehead atoms. The third-order valence-electron chi connectivity index (χ3n) is 7.02. The second kappa shape index (κ2) is 5.72. The molecule has 1 amide bonds. The molecule has 0 radical (unpaired) electrons. The van der Waals surface area contributed by atoms with E-state index in [1.165, 1.54) is 18.4 Å². The number of aromatic nitrogens is 2. The van der Waals surface area contributed by atoms with E-state index >= 15 is 0 Å². The maximum Gasteiger partial charge on any atom is 0.316 e. The van der Waals surface area contributed by atoms with E-state index < -0.39 is 0 Å². The number of likely N-dealkylation sites (tertiary alicyclic amines) is 1. The van der Waals surface area contributed by atoms with Gasteiger partial charge in [-0.1, -0.05) is 23.3 Å². The van der Waals surface area contributed by atoms with Gasteiger partial charge in [0.1, 0.15) is 17.9 Å². The summed E-state index contributed by atoms with van der Waals surface area (Å²) < 4.78 is 11.8. The van der Waals surface area contributed by atoms with Gasteiger partial charge in [0.25, 0.3) is 0 Å². The van der Waals surface area contributed by atoms with Crippen LogP contribution in [0.5, 0.6) is 5.75 Å². The van der Waals surface area contributed by atoms with Gasteiger partial charge in [-0.15, -0.1) is 5.10 Å². The summed E-state index contributed by atoms with van der Waals surface area (Å²) in [6.45, 7) is 3.59. The van der Waals surface area contributed by atoms with Crippen molar-refractivity contribution in [1.29, 1.82) is 0 Å². The summed E-state index contributed by atoms with van der Waals surface area (Å²) in [5, 5.41) is 11.4. The molecule has 146 valence electrons. The van der Waals surface area contributed by atoms with Crippen LogP contribution in [-0.2, 0) is 4.79 Å². The number of carbonyl (C=O) groups excluding carboxylic acids is 1. The highest BCUT2D eigenvalue weighted by Crippen LogP contribution is 2.62. The van der Waals surface area contributed by atoms with Crippen molar-refractivity contribution in [3.8, 4) is 5.75 Å². The molecule has 1 saturated heterocycles. The molecule has 1 aromatic heterocycles. The number of rotatable bonds is 4. The van der Waals surface area contributed by atoms with E-state index in [1.54, 1.807) is 0 Å². The van der Waals surface area contributed by atoms with E-state index in [0.717, 1.165) is 31.7 Å². The van der Waals surface area contributed by atoms with E-state index in [2.05, 4.69) is 21.6 Å². The minimum absolute atomic E-state index is 0.0906. The van der Waals surface area contributed by atoms with Crippen molar-refractivity contribution in [3.63, 3.8) is 0 Å². The lowest BCUT2D eigenvalue weighted by molar-refractivity contribution is -0.133. The normalized spacial score (nSPS) is 29.6. The van der Waals surface area contributed by atoms with Gasteiger partial charge in [-0.3, -0.25) is 4.79 Å². The van der Waals surface area contributed by atoms with Crippen LogP contribution in [0, 0.1) is 5.41 Å². The molecule has 4 atom stereocenters. The first kappa shape index (κ1) is 16.4. The Labute approximate surface area is 163 Å². The Morgan fingerprint density at radius 1 is 1.18 bits per heavy atom. The first-order valence-electron chi connectivity index (χ1n) is 10.3. The fourth-order valence-electron chi connectivity index (χ4n) is 4.93. The van der Waals surface area contributed by atoms with Gasteiger partial charge in [0.15, 0.2) is 0 Å². The number of para-hydroxylation sites is 1. The van der Waals surface area contributed by atoms with Crippen LogP contribution < -0.4 is 10.1 Å². The quantitative estimate of drug-likeness (QED) is 0.878. The molecule has 4 aliphatic rings. The molecule has 3 fully saturated rings. The second-order valence-electron chi connectivity index (χ2n) is 8.81. The fourth-order valence-corrected chi connectivity index (χ4v) is 4.93. The van der Waals surface area contributed by atoms with Crippen LogP contribution in [0.2, 0.25) is 0 Å². The van der Waals surface area contributed by atoms with Gasteiger partial charge in [0.05, 0.1) is 5.92 Å². The minimum atomic E-state index is -0.378. The molecule has 0 unspecified atom stereocenters. The first-order valence-corrected chi connectivity index (χ1v) is 10.3. The molecule has 2 aliphatic carbocycles. The fraction of sp³-hybridized carbons (Fsp3) is 0.571. The summed E-state index contributed by atoms with van der Waals surface area (Å²) in [5.74, 6) is 2.06. The monoisotopic (exact) mass is 380 g/mol. The molecule has 2 saturated carbocycles. The predicted octanol–water partition coefficient (Wildman–Crippen LogP) is 2.91. The molecule has 1 aromatic carbocycles. The third kappa shape index (κ3) is 2.52. The van der Waals surface area contributed by atoms with Crippen molar-refractivity contribution in [2.75, 3.05) is 18.4 Å². The van der Waals surface area contributed by atoms with Gasteiger partial charge in [0.2, 0.25) is 11.8 Å². The van der Waals surface area contributed by atoms with Crippen molar-refractivity contribution in [2.24, 2.45) is 5.41 Å². The van der Waals surface area contributed by atoms with E-state index in [9.17, 15) is 4.79 Å². The number of nitrogens with zero attached hydrogens (tertiary/aromatic N) is 3. The number of amides is 1. The lowest BCUT2D eigenvalue weighted by Crippen LogP contribution is -2.45. The molecule has 1 N–H and O–H groups in total. The van der Waals surface area contributed by atoms with Gasteiger partial charge >= 0.3 is 6.01 Å². The first-order chi connectivity index (χ1) is 13.6. The zero-order valence-corrected chi connectivity index (χ0v) is 15.9. The third-order valence-corrected chi connectivity index (χ3v) is 7.02. The molecule has 7 nitrogen and oxygen atoms in total. The number of piperidine rings is 1. The van der Waals surface area contributed by atoms with E-state index in [-0.39, 0.29) is 24.0 Å². The van der Waals surface area contributed by atoms with Crippen LogP contribution in [0.3, 0.4) is 0 Å². The Bertz CT molecular complexity index is 927. The molecular formula is C21H24N4O3. The maximum absolute atomic E-state index is 12.7. The molecule has 6 rings (SSSR count). The summed E-state index contributed by atoms with van der Waals surface area (Å²) in [4.78, 5) is 14.7. The van der Waals surface area contributed by atoms with Gasteiger partial charge in [0, 0.05) is 24.6 Å². The standard InChI is InChI=1S/C21H24N4O3/c1-12(19(26)25-10-8-21(6-7-21)9-11-25)22-20-24-23-18(28-20)16-15-13-4-2-3-5-14(13)27-17(15)16/h2-5,12,15-17H,6-11H2,1H3,(H,22,24)/t12-,15+,16+,17+/m1/s1. The van der Waals surface area contributed by atoms with E-state index in [0.29, 0.717) is 23.2 Å². The number of hydrogen-bond donors (Lipinski definition) is 1. The van der Waals surface area contributed by atoms with Gasteiger partial charge in [-0.2, -0.15) is 0 Å². The highest BCUT2D eigenvalue weighted by Gasteiger charge is 2.62. The van der Waals surface area contributed by atoms with Crippen LogP contribution in [0.15, 0.2) is 28.7 Å². The van der Waals surface area contributed by atoms with Crippen molar-refractivity contribution in [3.05, 3.63) is 35.7 Å². The number of anilines is 1. The SMILES string of the molecule is C[C@@H](Nc1nnc([C@@H]2[C@H]3Oc4ccccc4[C@H]32)o1)C(=O)N1CCC2(CC1)CC2. The summed E-state index contributed by atoms with van der Waals surface area (Å²) >= 11 is 0. The summed E-state index contributed by atoms with van der Waals surface area (Å²) in [7, 11) is 0. The Morgan fingerprint density at radius 3 is 2.75 bits per heavy atom. The highest BCUT2D eigenvalue weighted by molar-refractivity contribution is 5.83. The Hall–Kier alpha value is -2.57. The van der Waals surface area contributed by atoms with Gasteiger partial charge < -0.3 is 19.4 Å². The Morgan fingerprint density at radius 2 is 1.96 bits per heavy atom. The molecule has 28 heavy (non-hydrogen) atoms. The minimum Gasteiger partial charge on any atom is -0.489 e. The van der Waals surface area contributed by atoms with Crippen LogP contribution >= 0.6 is 0 Å². The topological polar surface area (TPSA) is 80.5 Å². The molecule has 2 aromatic rings. The van der Waals surface area contributed by atoms with Crippen molar-refractivity contribution in [1.82, 2.24) is 15.1 Å². The largest absolute Gasteiger partial charge is 0.489 e. The zero-order chi connectivity index (χ0) is 18.9. The van der Waals surface area contributed by atoms with Crippen molar-refractivity contribution < 1.29 is 13.9 Å². The average molecular weight is 380 g/mol. The number of benzene rings is 1. The average Bonchev–Trinajstić information content (AvgIpc) is 3.52. The smallest absolute Gasteiger partial charge is 0.316 e. The van der Waals surface area contributed by atoms with E-state index in [4.69, 9.17) is 9.15 Å². The summed E-state index contributed by atoms with van der Waals surface area (Å²) in [6.07, 6.45) is 5.05. The van der Waals surface area contributed by atoms with Crippen LogP contribution in [0.25, 0.3) is 0 Å². The number of hydrogen-bond acceptors (Lipinski definition) is 6. The van der Waals surface area contributed by atoms with Crippen LogP contribution in [0.4, 0.5) is 6.01 Å². The molecule has 7 heteroatoms. The Kier molecular flexibility index (Phi) is 3.35. The lowest BCUT2D eigenvalue weighted by Gasteiger charge is -2.33. The number of fused-ring (bicyclic) bond motifs is 3. The van der Waals surface area contributed by atoms with Crippen molar-refractivity contribution in [2.45, 2.75) is 56.6 Å².